The van der Waals surface area contributed by atoms with Gasteiger partial charge in [-0.25, -0.2) is 9.97 Å². The van der Waals surface area contributed by atoms with E-state index >= 15 is 0 Å². The minimum Gasteiger partial charge on any atom is -0.507 e. The highest BCUT2D eigenvalue weighted by Gasteiger charge is 2.47. The van der Waals surface area contributed by atoms with Gasteiger partial charge in [-0.2, -0.15) is 0 Å². The largest absolute Gasteiger partial charge is 0.507 e. The number of fused-ring (bicyclic) bond motifs is 1. The number of hydrogen-bond donors (Lipinski definition) is 2. The number of nitrogens with zero attached hydrogens (tertiary/aromatic N) is 3. The van der Waals surface area contributed by atoms with Gasteiger partial charge in [0.25, 0.3) is 5.91 Å². The van der Waals surface area contributed by atoms with Gasteiger partial charge >= 0.3 is 0 Å². The Hall–Kier alpha value is -3.76. The first-order chi connectivity index (χ1) is 20.0. The number of Topliss-reactive ketones (excluding diaryl/α,β-unsaturated/α-hetero) is 1. The number of aliphatic hydroxyl groups is 1. The summed E-state index contributed by atoms with van der Waals surface area (Å²) < 4.78 is 6.47. The number of benzene rings is 2. The number of rotatable bonds is 6. The maximum Gasteiger partial charge on any atom is 0.296 e. The number of aryl methyl sites for hydroxylation is 2. The molecule has 0 aliphatic carbocycles. The predicted molar refractivity (Wildman–Crippen MR) is 172 cm³/mol. The van der Waals surface area contributed by atoms with Crippen LogP contribution in [0.25, 0.3) is 10.2 Å². The number of ether oxygens (including phenoxy) is 1. The highest BCUT2D eigenvalue weighted by Crippen LogP contribution is 2.48. The van der Waals surface area contributed by atoms with E-state index in [1.165, 1.54) is 27.6 Å². The molecule has 1 atom stereocenters. The minimum absolute atomic E-state index is 0.0311. The molecule has 1 amide bonds. The molecule has 10 heteroatoms. The molecule has 0 bridgehead atoms. The van der Waals surface area contributed by atoms with Crippen LogP contribution in [0.1, 0.15) is 91.6 Å². The zero-order valence-corrected chi connectivity index (χ0v) is 27.6. The van der Waals surface area contributed by atoms with Gasteiger partial charge < -0.3 is 14.9 Å². The van der Waals surface area contributed by atoms with Crippen molar-refractivity contribution in [2.24, 2.45) is 0 Å². The van der Waals surface area contributed by atoms with Gasteiger partial charge in [0.1, 0.15) is 11.5 Å². The third-order valence-corrected chi connectivity index (χ3v) is 9.58. The summed E-state index contributed by atoms with van der Waals surface area (Å²) in [5, 5.41) is 23.9. The lowest BCUT2D eigenvalue weighted by Gasteiger charge is -2.31. The van der Waals surface area contributed by atoms with Crippen LogP contribution in [-0.4, -0.2) is 38.5 Å². The highest BCUT2D eigenvalue weighted by molar-refractivity contribution is 7.22. The number of thiazole rings is 2. The molecule has 5 rings (SSSR count). The Kier molecular flexibility index (Phi) is 7.67. The first-order valence-corrected chi connectivity index (χ1v) is 15.8. The Labute approximate surface area is 259 Å². The fourth-order valence-corrected chi connectivity index (χ4v) is 7.32. The zero-order chi connectivity index (χ0) is 31.6. The van der Waals surface area contributed by atoms with E-state index in [0.29, 0.717) is 55.3 Å². The number of hydrogen-bond acceptors (Lipinski definition) is 9. The molecule has 0 radical (unpaired) electrons. The van der Waals surface area contributed by atoms with E-state index in [-0.39, 0.29) is 11.3 Å². The summed E-state index contributed by atoms with van der Waals surface area (Å²) in [6.45, 7) is 18.0. The van der Waals surface area contributed by atoms with Gasteiger partial charge in [-0.15, -0.1) is 11.3 Å². The lowest BCUT2D eigenvalue weighted by Crippen LogP contribution is -2.31. The van der Waals surface area contributed by atoms with Crippen molar-refractivity contribution in [3.05, 3.63) is 73.9 Å². The van der Waals surface area contributed by atoms with E-state index in [2.05, 4.69) is 4.98 Å². The number of anilines is 1. The fourth-order valence-electron chi connectivity index (χ4n) is 5.42. The Morgan fingerprint density at radius 2 is 1.60 bits per heavy atom. The topological polar surface area (TPSA) is 113 Å². The summed E-state index contributed by atoms with van der Waals surface area (Å²) in [6, 6.07) is 8.21. The SMILES string of the molecule is CCOc1ccc2nc(N3C(=O)C(O)=C(C(=O)c4sc(C)nc4C)C3c3cc(C(C)(C)C)c(O)c(C(C)(C)C)c3)sc2c1. The lowest BCUT2D eigenvalue weighted by atomic mass is 9.77. The number of phenolic OH excluding ortho intramolecular Hbond substituents is 1. The molecule has 1 unspecified atom stereocenters. The lowest BCUT2D eigenvalue weighted by molar-refractivity contribution is -0.117. The summed E-state index contributed by atoms with van der Waals surface area (Å²) in [5.74, 6) is -0.913. The van der Waals surface area contributed by atoms with E-state index in [9.17, 15) is 19.8 Å². The molecular formula is C33H37N3O5S2. The molecule has 43 heavy (non-hydrogen) atoms. The maximum absolute atomic E-state index is 14.2. The number of ketones is 1. The average Bonchev–Trinajstić information content (AvgIpc) is 3.55. The van der Waals surface area contributed by atoms with Crippen LogP contribution < -0.4 is 9.64 Å². The quantitative estimate of drug-likeness (QED) is 0.211. The number of aromatic nitrogens is 2. The van der Waals surface area contributed by atoms with Gasteiger partial charge in [0, 0.05) is 0 Å². The first-order valence-electron chi connectivity index (χ1n) is 14.2. The standard InChI is InChI=1S/C33H37N3O5S2/c1-10-41-19-11-12-22-23(15-19)43-31(35-22)36-25(18-13-20(32(4,5)6)26(37)21(14-18)33(7,8)9)24(28(39)30(36)40)27(38)29-16(2)34-17(3)42-29/h11-15,25,37,39H,10H2,1-9H3. The Morgan fingerprint density at radius 3 is 2.14 bits per heavy atom. The molecule has 2 N–H and O–H groups in total. The molecule has 1 aliphatic heterocycles. The first kappa shape index (κ1) is 30.7. The number of carbonyl (C=O) groups is 2. The Balaban J connectivity index is 1.78. The molecule has 2 aromatic carbocycles. The van der Waals surface area contributed by atoms with Gasteiger partial charge in [0.05, 0.1) is 44.0 Å². The van der Waals surface area contributed by atoms with Crippen molar-refractivity contribution in [3.63, 3.8) is 0 Å². The molecule has 3 heterocycles. The molecular weight excluding hydrogens is 583 g/mol. The van der Waals surface area contributed by atoms with Crippen LogP contribution >= 0.6 is 22.7 Å². The van der Waals surface area contributed by atoms with Gasteiger partial charge in [0.2, 0.25) is 5.78 Å². The Bertz CT molecular complexity index is 1770. The maximum atomic E-state index is 14.2. The molecule has 4 aromatic rings. The molecule has 8 nitrogen and oxygen atoms in total. The third-order valence-electron chi connectivity index (χ3n) is 7.49. The molecule has 2 aromatic heterocycles. The van der Waals surface area contributed by atoms with Gasteiger partial charge in [-0.05, 0) is 78.6 Å². The van der Waals surface area contributed by atoms with Crippen LogP contribution in [0.3, 0.4) is 0 Å². The van der Waals surface area contributed by atoms with Crippen molar-refractivity contribution in [2.75, 3.05) is 11.5 Å². The van der Waals surface area contributed by atoms with E-state index in [1.54, 1.807) is 6.92 Å². The number of amides is 1. The summed E-state index contributed by atoms with van der Waals surface area (Å²) in [5.41, 5.74) is 2.21. The molecule has 226 valence electrons. The highest BCUT2D eigenvalue weighted by atomic mass is 32.1. The molecule has 0 fully saturated rings. The van der Waals surface area contributed by atoms with Gasteiger partial charge in [-0.1, -0.05) is 52.9 Å². The second-order valence-electron chi connectivity index (χ2n) is 12.8. The van der Waals surface area contributed by atoms with Crippen molar-refractivity contribution in [2.45, 2.75) is 79.2 Å². The second-order valence-corrected chi connectivity index (χ2v) is 15.1. The predicted octanol–water partition coefficient (Wildman–Crippen LogP) is 7.85. The van der Waals surface area contributed by atoms with Crippen molar-refractivity contribution >= 4 is 49.7 Å². The van der Waals surface area contributed by atoms with Crippen molar-refractivity contribution in [1.82, 2.24) is 9.97 Å². The van der Waals surface area contributed by atoms with Crippen LogP contribution in [0.4, 0.5) is 5.13 Å². The summed E-state index contributed by atoms with van der Waals surface area (Å²) in [6.07, 6.45) is 0. The summed E-state index contributed by atoms with van der Waals surface area (Å²) in [7, 11) is 0. The molecule has 1 aliphatic rings. The van der Waals surface area contributed by atoms with Crippen molar-refractivity contribution < 1.29 is 24.5 Å². The monoisotopic (exact) mass is 619 g/mol. The van der Waals surface area contributed by atoms with Crippen molar-refractivity contribution in [3.8, 4) is 11.5 Å². The smallest absolute Gasteiger partial charge is 0.296 e. The van der Waals surface area contributed by atoms with E-state index in [4.69, 9.17) is 9.72 Å². The van der Waals surface area contributed by atoms with Crippen molar-refractivity contribution in [1.29, 1.82) is 0 Å². The van der Waals surface area contributed by atoms with E-state index in [1.807, 2.05) is 85.7 Å². The van der Waals surface area contributed by atoms with E-state index < -0.39 is 34.3 Å². The second kappa shape index (κ2) is 10.7. The van der Waals surface area contributed by atoms with Gasteiger partial charge in [0.15, 0.2) is 10.9 Å². The number of aromatic hydroxyl groups is 1. The van der Waals surface area contributed by atoms with E-state index in [0.717, 1.165) is 4.70 Å². The van der Waals surface area contributed by atoms with Crippen LogP contribution in [0, 0.1) is 13.8 Å². The molecule has 0 spiro atoms. The Morgan fingerprint density at radius 1 is 0.977 bits per heavy atom. The van der Waals surface area contributed by atoms with Crippen LogP contribution in [-0.2, 0) is 15.6 Å². The summed E-state index contributed by atoms with van der Waals surface area (Å²) >= 11 is 2.52. The van der Waals surface area contributed by atoms with Crippen LogP contribution in [0.5, 0.6) is 11.5 Å². The number of aliphatic hydroxyl groups excluding tert-OH is 1. The number of phenols is 1. The third kappa shape index (κ3) is 5.42. The minimum atomic E-state index is -0.989. The molecule has 0 saturated heterocycles. The van der Waals surface area contributed by atoms with Crippen LogP contribution in [0.2, 0.25) is 0 Å². The zero-order valence-electron chi connectivity index (χ0n) is 25.9. The average molecular weight is 620 g/mol. The van der Waals surface area contributed by atoms with Crippen LogP contribution in [0.15, 0.2) is 41.7 Å². The van der Waals surface area contributed by atoms with Gasteiger partial charge in [-0.3, -0.25) is 14.5 Å². The molecule has 0 saturated carbocycles. The summed E-state index contributed by atoms with van der Waals surface area (Å²) in [4.78, 5) is 39.1. The fraction of sp³-hybridized carbons (Fsp3) is 0.394. The normalized spacial score (nSPS) is 16.1. The number of carbonyl (C=O) groups excluding carboxylic acids is 2.